The van der Waals surface area contributed by atoms with E-state index < -0.39 is 10.0 Å². The summed E-state index contributed by atoms with van der Waals surface area (Å²) in [7, 11) is -3.62. The molecule has 0 aliphatic heterocycles. The molecule has 6 heteroatoms. The lowest BCUT2D eigenvalue weighted by atomic mass is 10.1. The van der Waals surface area contributed by atoms with E-state index in [-0.39, 0.29) is 18.0 Å². The molecule has 1 heterocycles. The number of rotatable bonds is 5. The normalized spacial score (nSPS) is 11.8. The van der Waals surface area contributed by atoms with Gasteiger partial charge in [0.1, 0.15) is 0 Å². The van der Waals surface area contributed by atoms with Gasteiger partial charge in [-0.3, -0.25) is 0 Å². The van der Waals surface area contributed by atoms with Gasteiger partial charge < -0.3 is 9.52 Å². The van der Waals surface area contributed by atoms with E-state index in [4.69, 9.17) is 4.42 Å². The summed E-state index contributed by atoms with van der Waals surface area (Å²) in [6.45, 7) is 3.56. The summed E-state index contributed by atoms with van der Waals surface area (Å²) in [6, 6.07) is 4.98. The number of aliphatic hydroxyl groups is 1. The van der Waals surface area contributed by atoms with Gasteiger partial charge in [-0.05, 0) is 42.7 Å². The lowest BCUT2D eigenvalue weighted by Crippen LogP contribution is -2.24. The van der Waals surface area contributed by atoms with Crippen molar-refractivity contribution in [3.05, 3.63) is 53.0 Å². The van der Waals surface area contributed by atoms with Gasteiger partial charge >= 0.3 is 0 Å². The molecule has 0 atom stereocenters. The van der Waals surface area contributed by atoms with Crippen molar-refractivity contribution in [1.29, 1.82) is 0 Å². The van der Waals surface area contributed by atoms with Crippen molar-refractivity contribution in [2.75, 3.05) is 0 Å². The van der Waals surface area contributed by atoms with Crippen LogP contribution in [0, 0.1) is 13.8 Å². The van der Waals surface area contributed by atoms with Crippen molar-refractivity contribution in [1.82, 2.24) is 4.72 Å². The molecule has 0 unspecified atom stereocenters. The van der Waals surface area contributed by atoms with Gasteiger partial charge in [0, 0.05) is 12.1 Å². The maximum atomic E-state index is 12.3. The summed E-state index contributed by atoms with van der Waals surface area (Å²) >= 11 is 0. The smallest absolute Gasteiger partial charge is 0.241 e. The summed E-state index contributed by atoms with van der Waals surface area (Å²) in [5.74, 6) is 0. The van der Waals surface area contributed by atoms with E-state index in [1.54, 1.807) is 19.1 Å². The lowest BCUT2D eigenvalue weighted by Gasteiger charge is -2.12. The Balaban J connectivity index is 2.29. The zero-order valence-electron chi connectivity index (χ0n) is 11.4. The zero-order chi connectivity index (χ0) is 14.8. The minimum Gasteiger partial charge on any atom is -0.472 e. The Kier molecular flexibility index (Phi) is 4.27. The maximum Gasteiger partial charge on any atom is 0.241 e. The minimum atomic E-state index is -3.62. The van der Waals surface area contributed by atoms with Gasteiger partial charge in [0.2, 0.25) is 10.0 Å². The fraction of sp³-hybridized carbons (Fsp3) is 0.286. The lowest BCUT2D eigenvalue weighted by molar-refractivity contribution is 0.280. The first kappa shape index (κ1) is 14.8. The summed E-state index contributed by atoms with van der Waals surface area (Å²) < 4.78 is 32.0. The molecular formula is C14H17NO4S. The van der Waals surface area contributed by atoms with Crippen molar-refractivity contribution in [2.24, 2.45) is 0 Å². The number of sulfonamides is 1. The van der Waals surface area contributed by atoms with Gasteiger partial charge in [-0.1, -0.05) is 6.07 Å². The van der Waals surface area contributed by atoms with Gasteiger partial charge in [0.15, 0.2) is 0 Å². The Morgan fingerprint density at radius 3 is 2.60 bits per heavy atom. The molecule has 0 saturated carbocycles. The Morgan fingerprint density at radius 2 is 2.00 bits per heavy atom. The Labute approximate surface area is 118 Å². The molecule has 0 radical (unpaired) electrons. The largest absolute Gasteiger partial charge is 0.472 e. The average molecular weight is 295 g/mol. The first-order chi connectivity index (χ1) is 9.44. The molecule has 108 valence electrons. The van der Waals surface area contributed by atoms with E-state index in [1.807, 2.05) is 6.92 Å². The highest BCUT2D eigenvalue weighted by Crippen LogP contribution is 2.21. The molecule has 0 saturated heterocycles. The molecule has 1 aromatic carbocycles. The van der Waals surface area contributed by atoms with Crippen LogP contribution >= 0.6 is 0 Å². The number of aliphatic hydroxyl groups excluding tert-OH is 1. The molecule has 20 heavy (non-hydrogen) atoms. The van der Waals surface area contributed by atoms with Crippen LogP contribution in [0.15, 0.2) is 40.0 Å². The zero-order valence-corrected chi connectivity index (χ0v) is 12.2. The first-order valence-corrected chi connectivity index (χ1v) is 7.64. The quantitative estimate of drug-likeness (QED) is 0.882. The molecule has 0 aliphatic carbocycles. The number of hydrogen-bond donors (Lipinski definition) is 2. The molecule has 0 aliphatic rings. The SMILES string of the molecule is Cc1cc(C)c(S(=O)(=O)NCc2ccoc2)cc1CO. The second kappa shape index (κ2) is 5.78. The first-order valence-electron chi connectivity index (χ1n) is 6.16. The molecule has 0 spiro atoms. The molecular weight excluding hydrogens is 278 g/mol. The number of aryl methyl sites for hydroxylation is 2. The van der Waals surface area contributed by atoms with Crippen molar-refractivity contribution in [3.8, 4) is 0 Å². The number of hydrogen-bond acceptors (Lipinski definition) is 4. The molecule has 0 fully saturated rings. The standard InChI is InChI=1S/C14H17NO4S/c1-10-5-11(2)14(6-13(10)8-16)20(17,18)15-7-12-3-4-19-9-12/h3-6,9,15-16H,7-8H2,1-2H3. The predicted octanol–water partition coefficient (Wildman–Crippen LogP) is 1.87. The van der Waals surface area contributed by atoms with Gasteiger partial charge in [-0.25, -0.2) is 13.1 Å². The van der Waals surface area contributed by atoms with Crippen molar-refractivity contribution < 1.29 is 17.9 Å². The number of benzene rings is 1. The fourth-order valence-corrected chi connectivity index (χ4v) is 3.28. The molecule has 5 nitrogen and oxygen atoms in total. The van der Waals surface area contributed by atoms with Crippen LogP contribution in [0.1, 0.15) is 22.3 Å². The third-order valence-corrected chi connectivity index (χ3v) is 4.68. The topological polar surface area (TPSA) is 79.5 Å². The van der Waals surface area contributed by atoms with Crippen LogP contribution in [0.4, 0.5) is 0 Å². The fourth-order valence-electron chi connectivity index (χ4n) is 1.98. The monoisotopic (exact) mass is 295 g/mol. The van der Waals surface area contributed by atoms with Gasteiger partial charge in [-0.2, -0.15) is 0 Å². The summed E-state index contributed by atoms with van der Waals surface area (Å²) in [5, 5.41) is 9.25. The van der Waals surface area contributed by atoms with Crippen LogP contribution in [-0.4, -0.2) is 13.5 Å². The summed E-state index contributed by atoms with van der Waals surface area (Å²) in [4.78, 5) is 0.190. The van der Waals surface area contributed by atoms with Crippen LogP contribution in [-0.2, 0) is 23.2 Å². The molecule has 2 N–H and O–H groups in total. The van der Waals surface area contributed by atoms with Crippen LogP contribution in [0.2, 0.25) is 0 Å². The Morgan fingerprint density at radius 1 is 1.25 bits per heavy atom. The van der Waals surface area contributed by atoms with Gasteiger partial charge in [-0.15, -0.1) is 0 Å². The van der Waals surface area contributed by atoms with E-state index in [2.05, 4.69) is 4.72 Å². The van der Waals surface area contributed by atoms with Gasteiger partial charge in [0.25, 0.3) is 0 Å². The third kappa shape index (κ3) is 3.09. The summed E-state index contributed by atoms with van der Waals surface area (Å²) in [5.41, 5.74) is 2.89. The van der Waals surface area contributed by atoms with Crippen LogP contribution in [0.3, 0.4) is 0 Å². The summed E-state index contributed by atoms with van der Waals surface area (Å²) in [6.07, 6.45) is 2.98. The second-order valence-corrected chi connectivity index (χ2v) is 6.39. The van der Waals surface area contributed by atoms with Crippen molar-refractivity contribution >= 4 is 10.0 Å². The van der Waals surface area contributed by atoms with E-state index >= 15 is 0 Å². The van der Waals surface area contributed by atoms with Crippen molar-refractivity contribution in [2.45, 2.75) is 31.9 Å². The number of furan rings is 1. The van der Waals surface area contributed by atoms with E-state index in [1.165, 1.54) is 18.6 Å². The molecule has 2 rings (SSSR count). The highest BCUT2D eigenvalue weighted by atomic mass is 32.2. The predicted molar refractivity (Wildman–Crippen MR) is 74.6 cm³/mol. The maximum absolute atomic E-state index is 12.3. The number of nitrogens with one attached hydrogen (secondary N) is 1. The van der Waals surface area contributed by atoms with Crippen LogP contribution in [0.25, 0.3) is 0 Å². The van der Waals surface area contributed by atoms with E-state index in [9.17, 15) is 13.5 Å². The third-order valence-electron chi connectivity index (χ3n) is 3.14. The Hall–Kier alpha value is -1.63. The van der Waals surface area contributed by atoms with E-state index in [0.717, 1.165) is 11.1 Å². The second-order valence-electron chi connectivity index (χ2n) is 4.66. The van der Waals surface area contributed by atoms with Gasteiger partial charge in [0.05, 0.1) is 24.0 Å². The van der Waals surface area contributed by atoms with Crippen LogP contribution < -0.4 is 4.72 Å². The molecule has 2 aromatic rings. The van der Waals surface area contributed by atoms with Crippen LogP contribution in [0.5, 0.6) is 0 Å². The average Bonchev–Trinajstić information content (AvgIpc) is 2.89. The minimum absolute atomic E-state index is 0.167. The molecule has 0 amide bonds. The molecule has 1 aromatic heterocycles. The highest BCUT2D eigenvalue weighted by molar-refractivity contribution is 7.89. The van der Waals surface area contributed by atoms with E-state index in [0.29, 0.717) is 11.1 Å². The highest BCUT2D eigenvalue weighted by Gasteiger charge is 2.18. The Bertz CT molecular complexity index is 690. The van der Waals surface area contributed by atoms with Crippen molar-refractivity contribution in [3.63, 3.8) is 0 Å². The molecule has 0 bridgehead atoms.